The summed E-state index contributed by atoms with van der Waals surface area (Å²) in [7, 11) is -3.42. The van der Waals surface area contributed by atoms with Crippen molar-refractivity contribution in [2.45, 2.75) is 38.2 Å². The molecule has 0 radical (unpaired) electrons. The zero-order chi connectivity index (χ0) is 13.8. The molecular weight excluding hydrogens is 250 g/mol. The Hall–Kier alpha value is -0.910. The molecule has 0 amide bonds. The third-order valence-corrected chi connectivity index (χ3v) is 4.66. The first kappa shape index (κ1) is 15.1. The monoisotopic (exact) mass is 271 g/mol. The van der Waals surface area contributed by atoms with Gasteiger partial charge in [0.1, 0.15) is 0 Å². The van der Waals surface area contributed by atoms with Gasteiger partial charge < -0.3 is 5.11 Å². The molecule has 0 aromatic heterocycles. The van der Waals surface area contributed by atoms with Gasteiger partial charge in [0.05, 0.1) is 11.0 Å². The highest BCUT2D eigenvalue weighted by atomic mass is 32.2. The Balaban J connectivity index is 0.000000771. The van der Waals surface area contributed by atoms with E-state index in [9.17, 15) is 13.5 Å². The van der Waals surface area contributed by atoms with E-state index in [-0.39, 0.29) is 6.54 Å². The van der Waals surface area contributed by atoms with Crippen molar-refractivity contribution < 1.29 is 13.5 Å². The van der Waals surface area contributed by atoms with Gasteiger partial charge in [-0.1, -0.05) is 31.5 Å². The highest BCUT2D eigenvalue weighted by molar-refractivity contribution is 7.89. The highest BCUT2D eigenvalue weighted by Gasteiger charge is 2.31. The molecule has 2 rings (SSSR count). The topological polar surface area (TPSA) is 57.6 Å². The molecule has 5 heteroatoms. The zero-order valence-electron chi connectivity index (χ0n) is 11.1. The van der Waals surface area contributed by atoms with Crippen LogP contribution in [0.2, 0.25) is 0 Å². The quantitative estimate of drug-likeness (QED) is 0.892. The molecule has 1 atom stereocenters. The minimum atomic E-state index is -3.42. The number of hydrogen-bond acceptors (Lipinski definition) is 3. The van der Waals surface area contributed by atoms with E-state index in [2.05, 4.69) is 0 Å². The second-order valence-electron chi connectivity index (χ2n) is 4.12. The third-order valence-electron chi connectivity index (χ3n) is 2.78. The summed E-state index contributed by atoms with van der Waals surface area (Å²) in [5, 5.41) is 9.35. The SMILES string of the molecule is CC.Cc1ccc(S(=O)(=O)N2CCC(O)C2)cc1. The fraction of sp³-hybridized carbons (Fsp3) is 0.538. The van der Waals surface area contributed by atoms with Crippen LogP contribution in [-0.2, 0) is 10.0 Å². The van der Waals surface area contributed by atoms with E-state index in [0.717, 1.165) is 5.56 Å². The second kappa shape index (κ2) is 6.31. The minimum Gasteiger partial charge on any atom is -0.392 e. The number of hydrogen-bond donors (Lipinski definition) is 1. The van der Waals surface area contributed by atoms with Crippen molar-refractivity contribution >= 4 is 10.0 Å². The maximum absolute atomic E-state index is 12.1. The summed E-state index contributed by atoms with van der Waals surface area (Å²) in [5.74, 6) is 0. The Kier molecular flexibility index (Phi) is 5.31. The van der Waals surface area contributed by atoms with Crippen molar-refractivity contribution in [1.82, 2.24) is 4.31 Å². The molecule has 0 saturated carbocycles. The lowest BCUT2D eigenvalue weighted by atomic mass is 10.2. The van der Waals surface area contributed by atoms with Gasteiger partial charge in [-0.3, -0.25) is 0 Å². The van der Waals surface area contributed by atoms with Crippen LogP contribution in [0.5, 0.6) is 0 Å². The van der Waals surface area contributed by atoms with E-state index in [0.29, 0.717) is 17.9 Å². The predicted octanol–water partition coefficient (Wildman–Crippen LogP) is 1.78. The number of nitrogens with zero attached hydrogens (tertiary/aromatic N) is 1. The van der Waals surface area contributed by atoms with Crippen LogP contribution in [0.1, 0.15) is 25.8 Å². The van der Waals surface area contributed by atoms with Crippen LogP contribution >= 0.6 is 0 Å². The van der Waals surface area contributed by atoms with Gasteiger partial charge in [0, 0.05) is 13.1 Å². The van der Waals surface area contributed by atoms with Crippen LogP contribution in [0.3, 0.4) is 0 Å². The van der Waals surface area contributed by atoms with Gasteiger partial charge in [-0.25, -0.2) is 8.42 Å². The smallest absolute Gasteiger partial charge is 0.243 e. The average Bonchev–Trinajstić information content (AvgIpc) is 2.80. The summed E-state index contributed by atoms with van der Waals surface area (Å²) in [6.45, 7) is 6.52. The largest absolute Gasteiger partial charge is 0.392 e. The van der Waals surface area contributed by atoms with Gasteiger partial charge in [-0.05, 0) is 25.5 Å². The number of sulfonamides is 1. The lowest BCUT2D eigenvalue weighted by Crippen LogP contribution is -2.29. The molecule has 4 nitrogen and oxygen atoms in total. The van der Waals surface area contributed by atoms with E-state index in [1.165, 1.54) is 4.31 Å². The van der Waals surface area contributed by atoms with Crippen molar-refractivity contribution in [3.05, 3.63) is 29.8 Å². The molecule has 1 unspecified atom stereocenters. The van der Waals surface area contributed by atoms with Gasteiger partial charge in [-0.15, -0.1) is 0 Å². The summed E-state index contributed by atoms with van der Waals surface area (Å²) in [5.41, 5.74) is 1.03. The molecule has 1 saturated heterocycles. The van der Waals surface area contributed by atoms with Gasteiger partial charge in [0.2, 0.25) is 10.0 Å². The van der Waals surface area contributed by atoms with Gasteiger partial charge in [0.15, 0.2) is 0 Å². The van der Waals surface area contributed by atoms with Gasteiger partial charge >= 0.3 is 0 Å². The molecule has 1 fully saturated rings. The number of rotatable bonds is 2. The molecule has 1 aliphatic rings. The van der Waals surface area contributed by atoms with Crippen molar-refractivity contribution in [2.24, 2.45) is 0 Å². The number of aliphatic hydroxyl groups is 1. The van der Waals surface area contributed by atoms with Crippen molar-refractivity contribution in [2.75, 3.05) is 13.1 Å². The fourth-order valence-electron chi connectivity index (χ4n) is 1.79. The molecule has 0 spiro atoms. The molecule has 1 aliphatic heterocycles. The summed E-state index contributed by atoms with van der Waals surface area (Å²) in [6, 6.07) is 6.77. The van der Waals surface area contributed by atoms with E-state index in [4.69, 9.17) is 0 Å². The fourth-order valence-corrected chi connectivity index (χ4v) is 3.28. The maximum atomic E-state index is 12.1. The van der Waals surface area contributed by atoms with E-state index >= 15 is 0 Å². The lowest BCUT2D eigenvalue weighted by molar-refractivity contribution is 0.189. The van der Waals surface area contributed by atoms with Crippen LogP contribution in [0.15, 0.2) is 29.2 Å². The Bertz CT molecular complexity index is 468. The van der Waals surface area contributed by atoms with Crippen LogP contribution in [-0.4, -0.2) is 37.0 Å². The molecule has 18 heavy (non-hydrogen) atoms. The van der Waals surface area contributed by atoms with Crippen molar-refractivity contribution in [3.63, 3.8) is 0 Å². The average molecular weight is 271 g/mol. The van der Waals surface area contributed by atoms with Gasteiger partial charge in [0.25, 0.3) is 0 Å². The molecule has 1 heterocycles. The Morgan fingerprint density at radius 2 is 1.78 bits per heavy atom. The minimum absolute atomic E-state index is 0.205. The molecule has 0 aliphatic carbocycles. The molecule has 1 aromatic carbocycles. The first-order valence-corrected chi connectivity index (χ1v) is 7.69. The van der Waals surface area contributed by atoms with Crippen molar-refractivity contribution in [3.8, 4) is 0 Å². The summed E-state index contributed by atoms with van der Waals surface area (Å²) < 4.78 is 25.5. The Morgan fingerprint density at radius 3 is 2.22 bits per heavy atom. The predicted molar refractivity (Wildman–Crippen MR) is 71.9 cm³/mol. The number of aryl methyl sites for hydroxylation is 1. The Labute approximate surface area is 109 Å². The number of β-amino-alcohol motifs (C(OH)–C–C–N with tert-alkyl or cyclic N) is 1. The first-order chi connectivity index (χ1) is 8.50. The van der Waals surface area contributed by atoms with Crippen LogP contribution in [0, 0.1) is 6.92 Å². The molecule has 102 valence electrons. The first-order valence-electron chi connectivity index (χ1n) is 6.25. The Morgan fingerprint density at radius 1 is 1.22 bits per heavy atom. The zero-order valence-corrected chi connectivity index (χ0v) is 11.9. The van der Waals surface area contributed by atoms with E-state index in [1.807, 2.05) is 20.8 Å². The van der Waals surface area contributed by atoms with Crippen molar-refractivity contribution in [1.29, 1.82) is 0 Å². The van der Waals surface area contributed by atoms with Crippen LogP contribution in [0.4, 0.5) is 0 Å². The number of benzene rings is 1. The summed E-state index contributed by atoms with van der Waals surface area (Å²) in [6.07, 6.45) is -0.00863. The summed E-state index contributed by atoms with van der Waals surface area (Å²) in [4.78, 5) is 0.298. The second-order valence-corrected chi connectivity index (χ2v) is 6.06. The third kappa shape index (κ3) is 3.31. The lowest BCUT2D eigenvalue weighted by Gasteiger charge is -2.15. The van der Waals surface area contributed by atoms with E-state index < -0.39 is 16.1 Å². The highest BCUT2D eigenvalue weighted by Crippen LogP contribution is 2.21. The van der Waals surface area contributed by atoms with Gasteiger partial charge in [-0.2, -0.15) is 4.31 Å². The maximum Gasteiger partial charge on any atom is 0.243 e. The molecular formula is C13H21NO3S. The normalized spacial score (nSPS) is 20.3. The van der Waals surface area contributed by atoms with Crippen LogP contribution in [0.25, 0.3) is 0 Å². The number of aliphatic hydroxyl groups excluding tert-OH is 1. The van der Waals surface area contributed by atoms with E-state index in [1.54, 1.807) is 24.3 Å². The molecule has 0 bridgehead atoms. The van der Waals surface area contributed by atoms with Crippen LogP contribution < -0.4 is 0 Å². The molecule has 1 aromatic rings. The standard InChI is InChI=1S/C11H15NO3S.C2H6/c1-9-2-4-11(5-3-9)16(14,15)12-7-6-10(13)8-12;1-2/h2-5,10,13H,6-8H2,1H3;1-2H3. The molecule has 1 N–H and O–H groups in total. The summed E-state index contributed by atoms with van der Waals surface area (Å²) >= 11 is 0.